The number of anilines is 1. The number of nitrogens with two attached hydrogens (primary N) is 1. The van der Waals surface area contributed by atoms with Crippen molar-refractivity contribution in [2.75, 3.05) is 19.0 Å². The maximum atomic E-state index is 11.3. The molecule has 0 saturated carbocycles. The van der Waals surface area contributed by atoms with Crippen molar-refractivity contribution in [1.82, 2.24) is 0 Å². The predicted molar refractivity (Wildman–Crippen MR) is 192 cm³/mol. The number of nitrogens with zero attached hydrogens (tertiary/aromatic N) is 2. The summed E-state index contributed by atoms with van der Waals surface area (Å²) in [4.78, 5) is 13.4. The minimum Gasteiger partial charge on any atom is -0.486 e. The average molecular weight is 598 g/mol. The van der Waals surface area contributed by atoms with Gasteiger partial charge in [0.25, 0.3) is 0 Å². The molecular formula is C39H55N3O2. The molecule has 0 bridgehead atoms. The summed E-state index contributed by atoms with van der Waals surface area (Å²) in [6.45, 7) is 15.7. The van der Waals surface area contributed by atoms with Crippen LogP contribution in [0.2, 0.25) is 0 Å². The number of hydrogen-bond acceptors (Lipinski definition) is 5. The Hall–Kier alpha value is -4.30. The van der Waals surface area contributed by atoms with Crippen LogP contribution in [0.1, 0.15) is 85.6 Å². The smallest absolute Gasteiger partial charge is 0.148 e. The number of rotatable bonds is 11. The first kappa shape index (κ1) is 39.7. The first-order valence-corrected chi connectivity index (χ1v) is 15.8. The Kier molecular flexibility index (Phi) is 21.8. The normalized spacial score (nSPS) is 15.4. The van der Waals surface area contributed by atoms with Gasteiger partial charge in [-0.25, -0.2) is 0 Å². The van der Waals surface area contributed by atoms with E-state index in [1.807, 2.05) is 86.0 Å². The van der Waals surface area contributed by atoms with Crippen LogP contribution in [0.25, 0.3) is 6.08 Å². The Morgan fingerprint density at radius 2 is 1.89 bits per heavy atom. The number of ether oxygens (including phenoxy) is 1. The molecule has 2 aliphatic rings. The number of carbonyl (C=O) groups is 1. The van der Waals surface area contributed by atoms with Crippen LogP contribution in [0, 0.1) is 11.3 Å². The maximum Gasteiger partial charge on any atom is 0.148 e. The van der Waals surface area contributed by atoms with Crippen molar-refractivity contribution in [3.8, 4) is 11.8 Å². The van der Waals surface area contributed by atoms with Crippen LogP contribution in [0.15, 0.2) is 107 Å². The molecule has 5 nitrogen and oxygen atoms in total. The van der Waals surface area contributed by atoms with Crippen LogP contribution in [-0.2, 0) is 4.79 Å². The van der Waals surface area contributed by atoms with E-state index in [0.29, 0.717) is 24.1 Å². The van der Waals surface area contributed by atoms with E-state index in [1.54, 1.807) is 6.08 Å². The molecule has 1 aliphatic carbocycles. The van der Waals surface area contributed by atoms with Gasteiger partial charge in [0, 0.05) is 43.0 Å². The molecule has 0 aromatic heterocycles. The fourth-order valence-electron chi connectivity index (χ4n) is 4.21. The Morgan fingerprint density at radius 3 is 2.50 bits per heavy atom. The molecule has 1 heterocycles. The number of nitriles is 1. The zero-order valence-corrected chi connectivity index (χ0v) is 28.4. The van der Waals surface area contributed by atoms with Gasteiger partial charge >= 0.3 is 0 Å². The highest BCUT2D eigenvalue weighted by Gasteiger charge is 2.11. The molecular weight excluding hydrogens is 542 g/mol. The molecule has 44 heavy (non-hydrogen) atoms. The molecule has 0 radical (unpaired) electrons. The molecule has 0 saturated heterocycles. The SMILES string of the molecule is C=C/C=C\C/C=C(\CC#N)C1=CCC=C(C/C(C=O)=C(/N)CCC)C=C1.CC.CC.CC1C=Cc2cc(N(C)C)ccc2O1. The molecule has 2 N–H and O–H groups in total. The number of hydrogen-bond donors (Lipinski definition) is 1. The van der Waals surface area contributed by atoms with E-state index in [0.717, 1.165) is 60.0 Å². The molecule has 0 fully saturated rings. The highest BCUT2D eigenvalue weighted by atomic mass is 16.5. The largest absolute Gasteiger partial charge is 0.486 e. The second kappa shape index (κ2) is 24.2. The van der Waals surface area contributed by atoms with E-state index in [4.69, 9.17) is 15.7 Å². The quantitative estimate of drug-likeness (QED) is 0.156. The fourth-order valence-corrected chi connectivity index (χ4v) is 4.21. The van der Waals surface area contributed by atoms with Gasteiger partial charge in [0.1, 0.15) is 18.1 Å². The molecule has 5 heteroatoms. The molecule has 1 aromatic rings. The minimum atomic E-state index is 0.188. The van der Waals surface area contributed by atoms with Gasteiger partial charge in [0.2, 0.25) is 0 Å². The van der Waals surface area contributed by atoms with Crippen molar-refractivity contribution >= 4 is 18.0 Å². The highest BCUT2D eigenvalue weighted by molar-refractivity contribution is 5.75. The Morgan fingerprint density at radius 1 is 1.16 bits per heavy atom. The molecule has 1 atom stereocenters. The van der Waals surface area contributed by atoms with Gasteiger partial charge in [-0.3, -0.25) is 4.79 Å². The molecule has 1 unspecified atom stereocenters. The summed E-state index contributed by atoms with van der Waals surface area (Å²) in [5.74, 6) is 0.977. The molecule has 238 valence electrons. The Labute approximate surface area is 268 Å². The summed E-state index contributed by atoms with van der Waals surface area (Å²) in [6.07, 6.45) is 25.3. The first-order valence-electron chi connectivity index (χ1n) is 15.8. The van der Waals surface area contributed by atoms with Gasteiger partial charge in [-0.15, -0.1) is 0 Å². The van der Waals surface area contributed by atoms with E-state index in [9.17, 15) is 4.79 Å². The number of benzene rings is 1. The summed E-state index contributed by atoms with van der Waals surface area (Å²) < 4.78 is 5.66. The summed E-state index contributed by atoms with van der Waals surface area (Å²) >= 11 is 0. The van der Waals surface area contributed by atoms with E-state index >= 15 is 0 Å². The summed E-state index contributed by atoms with van der Waals surface area (Å²) in [5.41, 5.74) is 12.9. The van der Waals surface area contributed by atoms with Crippen molar-refractivity contribution in [3.05, 3.63) is 113 Å². The summed E-state index contributed by atoms with van der Waals surface area (Å²) in [6, 6.07) is 8.48. The van der Waals surface area contributed by atoms with Gasteiger partial charge in [-0.1, -0.05) is 102 Å². The van der Waals surface area contributed by atoms with Crippen LogP contribution in [0.5, 0.6) is 5.75 Å². The third kappa shape index (κ3) is 14.7. The van der Waals surface area contributed by atoms with Crippen molar-refractivity contribution in [1.29, 1.82) is 5.26 Å². The van der Waals surface area contributed by atoms with E-state index < -0.39 is 0 Å². The van der Waals surface area contributed by atoms with Crippen LogP contribution in [0.4, 0.5) is 5.69 Å². The zero-order chi connectivity index (χ0) is 33.3. The first-order chi connectivity index (χ1) is 21.3. The third-order valence-electron chi connectivity index (χ3n) is 6.45. The number of allylic oxidation sites excluding steroid dienone is 13. The third-order valence-corrected chi connectivity index (χ3v) is 6.45. The van der Waals surface area contributed by atoms with Crippen LogP contribution < -0.4 is 15.4 Å². The number of carbonyl (C=O) groups excluding carboxylic acids is 1. The van der Waals surface area contributed by atoms with Gasteiger partial charge in [0.15, 0.2) is 0 Å². The molecule has 0 spiro atoms. The second-order valence-corrected chi connectivity index (χ2v) is 9.87. The van der Waals surface area contributed by atoms with Crippen molar-refractivity contribution in [2.45, 2.75) is 86.2 Å². The lowest BCUT2D eigenvalue weighted by Crippen LogP contribution is -2.13. The Balaban J connectivity index is 0.000000857. The summed E-state index contributed by atoms with van der Waals surface area (Å²) in [5, 5.41) is 9.11. The lowest BCUT2D eigenvalue weighted by atomic mass is 10.00. The van der Waals surface area contributed by atoms with E-state index in [-0.39, 0.29) is 6.10 Å². The lowest BCUT2D eigenvalue weighted by molar-refractivity contribution is -0.105. The lowest BCUT2D eigenvalue weighted by Gasteiger charge is -2.20. The zero-order valence-electron chi connectivity index (χ0n) is 28.4. The molecule has 3 rings (SSSR count). The van der Waals surface area contributed by atoms with Gasteiger partial charge in [-0.05, 0) is 67.2 Å². The van der Waals surface area contributed by atoms with Gasteiger partial charge < -0.3 is 15.4 Å². The number of fused-ring (bicyclic) bond motifs is 1. The topological polar surface area (TPSA) is 79.3 Å². The molecule has 1 aliphatic heterocycles. The van der Waals surface area contributed by atoms with Crippen LogP contribution in [0.3, 0.4) is 0 Å². The van der Waals surface area contributed by atoms with E-state index in [1.165, 1.54) is 5.69 Å². The van der Waals surface area contributed by atoms with Crippen molar-refractivity contribution in [3.63, 3.8) is 0 Å². The van der Waals surface area contributed by atoms with Crippen LogP contribution in [-0.4, -0.2) is 26.5 Å². The Bertz CT molecular complexity index is 1280. The summed E-state index contributed by atoms with van der Waals surface area (Å²) in [7, 11) is 4.08. The number of aldehydes is 1. The monoisotopic (exact) mass is 597 g/mol. The van der Waals surface area contributed by atoms with Crippen LogP contribution >= 0.6 is 0 Å². The van der Waals surface area contributed by atoms with Gasteiger partial charge in [-0.2, -0.15) is 5.26 Å². The van der Waals surface area contributed by atoms with Crippen molar-refractivity contribution in [2.24, 2.45) is 5.73 Å². The van der Waals surface area contributed by atoms with E-state index in [2.05, 4.69) is 60.1 Å². The van der Waals surface area contributed by atoms with Crippen molar-refractivity contribution < 1.29 is 9.53 Å². The average Bonchev–Trinajstić information content (AvgIpc) is 3.29. The van der Waals surface area contributed by atoms with Gasteiger partial charge in [0.05, 0.1) is 12.5 Å². The fraction of sp³-hybridized carbons (Fsp3) is 0.385. The predicted octanol–water partition coefficient (Wildman–Crippen LogP) is 9.97. The molecule has 1 aromatic carbocycles. The molecule has 0 amide bonds. The standard InChI is InChI=1S/C23H28N2O.C12H15NO.2C2H6/c1-3-5-6-7-11-21(15-16-24)20-12-8-10-19(13-14-20)17-22(18-26)23(25)9-4-2;1-9-4-5-10-8-11(13(2)3)6-7-12(10)14-9;2*1-2/h3,5-6,10-14,18H,1,4,7-9,15,17,25H2,2H3;4-9H,1-3H3;2*1-2H3/b6-5-,21-11+,23-22-;;;. The highest BCUT2D eigenvalue weighted by Crippen LogP contribution is 2.29. The maximum absolute atomic E-state index is 11.3. The minimum absolute atomic E-state index is 0.188. The second-order valence-electron chi connectivity index (χ2n) is 9.87.